The normalized spacial score (nSPS) is 10.6. The summed E-state index contributed by atoms with van der Waals surface area (Å²) in [6.07, 6.45) is 0. The van der Waals surface area contributed by atoms with Gasteiger partial charge in [-0.3, -0.25) is 4.79 Å². The number of carbonyl (C=O) groups is 2. The summed E-state index contributed by atoms with van der Waals surface area (Å²) in [5.74, 6) is -1.03. The number of rotatable bonds is 7. The number of thiazole rings is 2. The molecule has 4 N–H and O–H groups in total. The van der Waals surface area contributed by atoms with E-state index in [1.807, 2.05) is 12.3 Å². The predicted molar refractivity (Wildman–Crippen MR) is 104 cm³/mol. The number of anilines is 2. The first kappa shape index (κ1) is 18.8. The van der Waals surface area contributed by atoms with Crippen molar-refractivity contribution in [3.63, 3.8) is 0 Å². The average Bonchev–Trinajstić information content (AvgIpc) is 3.23. The molecule has 3 aromatic rings. The second kappa shape index (κ2) is 7.72. The summed E-state index contributed by atoms with van der Waals surface area (Å²) in [6.45, 7) is 4.07. The number of nitrogens with two attached hydrogens (primary N) is 1. The van der Waals surface area contributed by atoms with E-state index in [1.54, 1.807) is 25.1 Å². The van der Waals surface area contributed by atoms with Crippen LogP contribution in [0.1, 0.15) is 32.8 Å². The number of benzene rings is 1. The van der Waals surface area contributed by atoms with Gasteiger partial charge in [-0.2, -0.15) is 0 Å². The van der Waals surface area contributed by atoms with Crippen LogP contribution in [0.25, 0.3) is 10.6 Å². The van der Waals surface area contributed by atoms with Crippen molar-refractivity contribution in [2.75, 3.05) is 11.9 Å². The first-order valence-corrected chi connectivity index (χ1v) is 9.59. The number of nitrogens with zero attached hydrogens (tertiary/aromatic N) is 2. The van der Waals surface area contributed by atoms with Gasteiger partial charge in [-0.1, -0.05) is 0 Å². The highest BCUT2D eigenvalue weighted by Crippen LogP contribution is 2.35. The number of aromatic nitrogens is 2. The Morgan fingerprint density at radius 1 is 1.33 bits per heavy atom. The van der Waals surface area contributed by atoms with Gasteiger partial charge in [0.1, 0.15) is 5.75 Å². The molecule has 0 spiro atoms. The van der Waals surface area contributed by atoms with E-state index in [1.165, 1.54) is 11.3 Å². The molecule has 0 aliphatic rings. The minimum atomic E-state index is -1.06. The molecular weight excluding hydrogens is 388 g/mol. The number of ether oxygens (including phenoxy) is 1. The van der Waals surface area contributed by atoms with Crippen molar-refractivity contribution in [3.05, 3.63) is 39.8 Å². The molecule has 0 fully saturated rings. The number of hydrogen-bond donors (Lipinski definition) is 3. The fourth-order valence-electron chi connectivity index (χ4n) is 2.34. The Balaban J connectivity index is 1.91. The number of primary amides is 1. The van der Waals surface area contributed by atoms with E-state index < -0.39 is 11.9 Å². The van der Waals surface area contributed by atoms with Crippen LogP contribution < -0.4 is 15.8 Å². The average molecular weight is 404 g/mol. The van der Waals surface area contributed by atoms with Gasteiger partial charge in [0.05, 0.1) is 28.6 Å². The Bertz CT molecular complexity index is 1010. The molecule has 3 rings (SSSR count). The quantitative estimate of drug-likeness (QED) is 0.550. The lowest BCUT2D eigenvalue weighted by Gasteiger charge is -2.11. The number of aromatic carboxylic acids is 1. The number of carboxylic acid groups (broad SMARTS) is 1. The van der Waals surface area contributed by atoms with E-state index in [9.17, 15) is 9.59 Å². The third-order valence-electron chi connectivity index (χ3n) is 3.52. The lowest BCUT2D eigenvalue weighted by atomic mass is 10.2. The summed E-state index contributed by atoms with van der Waals surface area (Å²) in [6, 6.07) is 4.88. The van der Waals surface area contributed by atoms with Crippen LogP contribution in [-0.4, -0.2) is 33.6 Å². The number of nitrogens with one attached hydrogen (secondary N) is 1. The van der Waals surface area contributed by atoms with Crippen LogP contribution in [0.3, 0.4) is 0 Å². The monoisotopic (exact) mass is 404 g/mol. The van der Waals surface area contributed by atoms with E-state index in [0.29, 0.717) is 45.0 Å². The molecule has 10 heteroatoms. The van der Waals surface area contributed by atoms with Gasteiger partial charge in [0, 0.05) is 10.9 Å². The molecule has 1 amide bonds. The third kappa shape index (κ3) is 4.07. The largest absolute Gasteiger partial charge is 0.492 e. The van der Waals surface area contributed by atoms with Crippen molar-refractivity contribution >= 4 is 45.4 Å². The molecule has 0 saturated carbocycles. The lowest BCUT2D eigenvalue weighted by molar-refractivity contribution is 0.0696. The molecule has 8 nitrogen and oxygen atoms in total. The molecule has 0 unspecified atom stereocenters. The molecule has 140 valence electrons. The zero-order valence-corrected chi connectivity index (χ0v) is 16.1. The highest BCUT2D eigenvalue weighted by Gasteiger charge is 2.17. The van der Waals surface area contributed by atoms with Gasteiger partial charge < -0.3 is 20.9 Å². The number of hydrogen-bond acceptors (Lipinski definition) is 8. The van der Waals surface area contributed by atoms with Gasteiger partial charge in [-0.25, -0.2) is 14.8 Å². The Hall–Kier alpha value is -2.98. The van der Waals surface area contributed by atoms with Crippen molar-refractivity contribution in [1.29, 1.82) is 0 Å². The first-order valence-electron chi connectivity index (χ1n) is 7.89. The van der Waals surface area contributed by atoms with Crippen LogP contribution in [0.2, 0.25) is 0 Å². The summed E-state index contributed by atoms with van der Waals surface area (Å²) >= 11 is 2.42. The Labute approximate surface area is 162 Å². The maximum atomic E-state index is 11.4. The Morgan fingerprint density at radius 3 is 2.74 bits per heavy atom. The predicted octanol–water partition coefficient (Wildman–Crippen LogP) is 3.51. The minimum Gasteiger partial charge on any atom is -0.492 e. The molecule has 2 aromatic heterocycles. The fraction of sp³-hybridized carbons (Fsp3) is 0.176. The van der Waals surface area contributed by atoms with Crippen molar-refractivity contribution in [2.45, 2.75) is 13.8 Å². The summed E-state index contributed by atoms with van der Waals surface area (Å²) in [5, 5.41) is 14.6. The molecule has 0 atom stereocenters. The summed E-state index contributed by atoms with van der Waals surface area (Å²) in [5.41, 5.74) is 7.51. The lowest BCUT2D eigenvalue weighted by Crippen LogP contribution is -2.11. The van der Waals surface area contributed by atoms with Crippen LogP contribution in [-0.2, 0) is 0 Å². The minimum absolute atomic E-state index is 0.0257. The highest BCUT2D eigenvalue weighted by atomic mass is 32.1. The second-order valence-electron chi connectivity index (χ2n) is 5.41. The third-order valence-corrected chi connectivity index (χ3v) is 5.45. The van der Waals surface area contributed by atoms with Crippen LogP contribution in [0.5, 0.6) is 5.75 Å². The number of carbonyl (C=O) groups excluding carboxylic acids is 1. The van der Waals surface area contributed by atoms with Crippen LogP contribution in [0.4, 0.5) is 10.8 Å². The van der Waals surface area contributed by atoms with Crippen molar-refractivity contribution in [1.82, 2.24) is 9.97 Å². The van der Waals surface area contributed by atoms with Crippen LogP contribution >= 0.6 is 22.7 Å². The molecule has 27 heavy (non-hydrogen) atoms. The zero-order valence-electron chi connectivity index (χ0n) is 14.5. The SMILES string of the molecule is CCOc1ccc(C(N)=O)cc1Nc1nc(-c2sc(C(=O)O)nc2C)cs1. The van der Waals surface area contributed by atoms with Crippen LogP contribution in [0, 0.1) is 6.92 Å². The number of carboxylic acids is 1. The van der Waals surface area contributed by atoms with E-state index in [4.69, 9.17) is 15.6 Å². The molecule has 0 aliphatic carbocycles. The van der Waals surface area contributed by atoms with Gasteiger partial charge in [-0.05, 0) is 32.0 Å². The van der Waals surface area contributed by atoms with E-state index in [2.05, 4.69) is 15.3 Å². The van der Waals surface area contributed by atoms with E-state index in [-0.39, 0.29) is 5.01 Å². The molecule has 0 saturated heterocycles. The van der Waals surface area contributed by atoms with E-state index >= 15 is 0 Å². The van der Waals surface area contributed by atoms with Gasteiger partial charge in [0.15, 0.2) is 5.13 Å². The van der Waals surface area contributed by atoms with Crippen molar-refractivity contribution < 1.29 is 19.4 Å². The van der Waals surface area contributed by atoms with Gasteiger partial charge >= 0.3 is 5.97 Å². The summed E-state index contributed by atoms with van der Waals surface area (Å²) in [7, 11) is 0. The summed E-state index contributed by atoms with van der Waals surface area (Å²) in [4.78, 5) is 31.8. The number of aryl methyl sites for hydroxylation is 1. The van der Waals surface area contributed by atoms with Gasteiger partial charge in [0.25, 0.3) is 0 Å². The standard InChI is InChI=1S/C17H16N4O4S2/c1-3-25-12-5-4-9(14(18)22)6-10(12)20-17-21-11(7-26-17)13-8(2)19-15(27-13)16(23)24/h4-7H,3H2,1-2H3,(H2,18,22)(H,20,21)(H,23,24). The van der Waals surface area contributed by atoms with E-state index in [0.717, 1.165) is 11.3 Å². The maximum Gasteiger partial charge on any atom is 0.365 e. The molecular formula is C17H16N4O4S2. The zero-order chi connectivity index (χ0) is 19.6. The molecule has 0 bridgehead atoms. The summed E-state index contributed by atoms with van der Waals surface area (Å²) < 4.78 is 5.57. The number of amides is 1. The van der Waals surface area contributed by atoms with Crippen LogP contribution in [0.15, 0.2) is 23.6 Å². The highest BCUT2D eigenvalue weighted by molar-refractivity contribution is 7.18. The maximum absolute atomic E-state index is 11.4. The van der Waals surface area contributed by atoms with Gasteiger partial charge in [0.2, 0.25) is 10.9 Å². The Morgan fingerprint density at radius 2 is 2.11 bits per heavy atom. The molecule has 0 radical (unpaired) electrons. The molecule has 1 aromatic carbocycles. The van der Waals surface area contributed by atoms with Gasteiger partial charge in [-0.15, -0.1) is 22.7 Å². The topological polar surface area (TPSA) is 127 Å². The molecule has 0 aliphatic heterocycles. The fourth-order valence-corrected chi connectivity index (χ4v) is 3.99. The second-order valence-corrected chi connectivity index (χ2v) is 7.27. The van der Waals surface area contributed by atoms with Crippen molar-refractivity contribution in [2.24, 2.45) is 5.73 Å². The van der Waals surface area contributed by atoms with Crippen molar-refractivity contribution in [3.8, 4) is 16.3 Å². The Kier molecular flexibility index (Phi) is 5.38. The first-order chi connectivity index (χ1) is 12.9. The molecule has 2 heterocycles. The smallest absolute Gasteiger partial charge is 0.365 e.